The average Bonchev–Trinajstić information content (AvgIpc) is 2.72. The first-order chi connectivity index (χ1) is 15.4. The fourth-order valence-electron chi connectivity index (χ4n) is 3.24. The molecular weight excluding hydrogens is 480 g/mol. The molecular formula is C19H33ClN4O10. The van der Waals surface area contributed by atoms with Gasteiger partial charge in [0, 0.05) is 19.9 Å². The van der Waals surface area contributed by atoms with Crippen molar-refractivity contribution in [3.05, 3.63) is 0 Å². The number of carbonyl (C=O) groups is 5. The van der Waals surface area contributed by atoms with Crippen LogP contribution in [0.15, 0.2) is 0 Å². The van der Waals surface area contributed by atoms with Gasteiger partial charge in [-0.3, -0.25) is 19.2 Å². The lowest BCUT2D eigenvalue weighted by molar-refractivity contribution is -0.152. The van der Waals surface area contributed by atoms with Crippen LogP contribution in [0.25, 0.3) is 0 Å². The Balaban J connectivity index is 0.0000109. The van der Waals surface area contributed by atoms with Crippen molar-refractivity contribution in [2.45, 2.75) is 76.1 Å². The molecule has 0 saturated carbocycles. The van der Waals surface area contributed by atoms with E-state index in [0.717, 1.165) is 0 Å². The molecule has 196 valence electrons. The summed E-state index contributed by atoms with van der Waals surface area (Å²) in [4.78, 5) is 58.1. The van der Waals surface area contributed by atoms with Gasteiger partial charge in [0.05, 0.1) is 24.8 Å². The van der Waals surface area contributed by atoms with Gasteiger partial charge in [0.2, 0.25) is 17.7 Å². The molecule has 34 heavy (non-hydrogen) atoms. The third-order valence-electron chi connectivity index (χ3n) is 5.07. The SMILES string of the molecule is CC(=O)N[C@H]1CN[C@H](CO)[C@@H](O)[C@@H]1O[C@H](C)C(=O)N[C@@H](C)C(=O)N[C@H](CCC(=O)O)C(=O)O.Cl. The van der Waals surface area contributed by atoms with E-state index in [1.165, 1.54) is 20.8 Å². The van der Waals surface area contributed by atoms with Gasteiger partial charge in [-0.25, -0.2) is 4.79 Å². The van der Waals surface area contributed by atoms with Gasteiger partial charge < -0.3 is 46.4 Å². The molecule has 15 heteroatoms. The molecule has 1 aliphatic heterocycles. The van der Waals surface area contributed by atoms with Gasteiger partial charge in [-0.2, -0.15) is 0 Å². The molecule has 0 aliphatic carbocycles. The topological polar surface area (TPSA) is 224 Å². The molecule has 1 aliphatic rings. The number of aliphatic carboxylic acids is 2. The smallest absolute Gasteiger partial charge is 0.326 e. The summed E-state index contributed by atoms with van der Waals surface area (Å²) in [6, 6.07) is -4.05. The molecule has 1 saturated heterocycles. The summed E-state index contributed by atoms with van der Waals surface area (Å²) >= 11 is 0. The van der Waals surface area contributed by atoms with Crippen molar-refractivity contribution in [2.75, 3.05) is 13.2 Å². The van der Waals surface area contributed by atoms with Crippen LogP contribution in [-0.4, -0.2) is 106 Å². The first-order valence-electron chi connectivity index (χ1n) is 10.4. The van der Waals surface area contributed by atoms with Crippen molar-refractivity contribution in [1.82, 2.24) is 21.3 Å². The molecule has 7 atom stereocenters. The van der Waals surface area contributed by atoms with Crippen LogP contribution < -0.4 is 21.3 Å². The second-order valence-electron chi connectivity index (χ2n) is 7.80. The fourth-order valence-corrected chi connectivity index (χ4v) is 3.24. The Morgan fingerprint density at radius 1 is 1.09 bits per heavy atom. The molecule has 0 aromatic rings. The number of carbonyl (C=O) groups excluding carboxylic acids is 3. The molecule has 0 aromatic carbocycles. The molecule has 0 unspecified atom stereocenters. The number of piperidine rings is 1. The van der Waals surface area contributed by atoms with Crippen LogP contribution in [0.3, 0.4) is 0 Å². The maximum absolute atomic E-state index is 12.5. The number of aliphatic hydroxyl groups excluding tert-OH is 2. The number of hydrogen-bond acceptors (Lipinski definition) is 9. The zero-order valence-electron chi connectivity index (χ0n) is 19.0. The first-order valence-corrected chi connectivity index (χ1v) is 10.4. The summed E-state index contributed by atoms with van der Waals surface area (Å²) in [5, 5.41) is 47.7. The molecule has 1 heterocycles. The highest BCUT2D eigenvalue weighted by Crippen LogP contribution is 2.17. The fraction of sp³-hybridized carbons (Fsp3) is 0.737. The number of amides is 3. The summed E-state index contributed by atoms with van der Waals surface area (Å²) in [6.45, 7) is 3.71. The third kappa shape index (κ3) is 9.77. The third-order valence-corrected chi connectivity index (χ3v) is 5.07. The molecule has 1 fully saturated rings. The number of ether oxygens (including phenoxy) is 1. The van der Waals surface area contributed by atoms with E-state index in [2.05, 4.69) is 21.3 Å². The van der Waals surface area contributed by atoms with Crippen LogP contribution in [-0.2, 0) is 28.7 Å². The largest absolute Gasteiger partial charge is 0.481 e. The predicted molar refractivity (Wildman–Crippen MR) is 118 cm³/mol. The van der Waals surface area contributed by atoms with Crippen molar-refractivity contribution in [2.24, 2.45) is 0 Å². The molecule has 3 amide bonds. The van der Waals surface area contributed by atoms with Crippen LogP contribution in [0.5, 0.6) is 0 Å². The van der Waals surface area contributed by atoms with Gasteiger partial charge in [0.1, 0.15) is 24.3 Å². The van der Waals surface area contributed by atoms with Crippen LogP contribution in [0.4, 0.5) is 0 Å². The number of aliphatic hydroxyl groups is 2. The van der Waals surface area contributed by atoms with E-state index in [1.54, 1.807) is 0 Å². The molecule has 0 spiro atoms. The Hall–Kier alpha value is -2.52. The molecule has 1 rings (SSSR count). The van der Waals surface area contributed by atoms with Crippen LogP contribution >= 0.6 is 12.4 Å². The lowest BCUT2D eigenvalue weighted by atomic mass is 9.94. The molecule has 0 aromatic heterocycles. The monoisotopic (exact) mass is 512 g/mol. The first kappa shape index (κ1) is 31.5. The standard InChI is InChI=1S/C19H32N4O10.ClH/c1-8(17(29)23-11(19(31)32)4-5-14(26)27)21-18(30)9(2)33-16-12(22-10(3)25)6-20-13(7-24)15(16)28;/h8-9,11-13,15-16,20,24,28H,4-7H2,1-3H3,(H,21,30)(H,22,25)(H,23,29)(H,26,27)(H,31,32);1H/t8-,9+,11+,12-,13+,15+,16+;/m0./s1. The minimum absolute atomic E-state index is 0. The summed E-state index contributed by atoms with van der Waals surface area (Å²) in [6.07, 6.45) is -4.27. The summed E-state index contributed by atoms with van der Waals surface area (Å²) in [5.41, 5.74) is 0. The Bertz CT molecular complexity index is 740. The van der Waals surface area contributed by atoms with Gasteiger partial charge in [-0.1, -0.05) is 0 Å². The molecule has 14 nitrogen and oxygen atoms in total. The lowest BCUT2D eigenvalue weighted by Gasteiger charge is -2.41. The van der Waals surface area contributed by atoms with Gasteiger partial charge in [0.15, 0.2) is 0 Å². The highest BCUT2D eigenvalue weighted by atomic mass is 35.5. The molecule has 8 N–H and O–H groups in total. The molecule has 0 bridgehead atoms. The quantitative estimate of drug-likeness (QED) is 0.131. The van der Waals surface area contributed by atoms with E-state index in [1.807, 2.05) is 0 Å². The average molecular weight is 513 g/mol. The zero-order chi connectivity index (χ0) is 25.3. The van der Waals surface area contributed by atoms with E-state index in [-0.39, 0.29) is 31.3 Å². The van der Waals surface area contributed by atoms with Gasteiger partial charge in [-0.05, 0) is 20.3 Å². The Morgan fingerprint density at radius 2 is 1.71 bits per heavy atom. The zero-order valence-corrected chi connectivity index (χ0v) is 19.8. The normalized spacial score (nSPS) is 24.5. The maximum atomic E-state index is 12.5. The van der Waals surface area contributed by atoms with Crippen LogP contribution in [0.2, 0.25) is 0 Å². The van der Waals surface area contributed by atoms with E-state index >= 15 is 0 Å². The number of rotatable bonds is 12. The minimum atomic E-state index is -1.44. The maximum Gasteiger partial charge on any atom is 0.326 e. The number of nitrogens with one attached hydrogen (secondary N) is 4. The summed E-state index contributed by atoms with van der Waals surface area (Å²) < 4.78 is 5.66. The number of hydrogen-bond donors (Lipinski definition) is 8. The van der Waals surface area contributed by atoms with Crippen molar-refractivity contribution in [1.29, 1.82) is 0 Å². The van der Waals surface area contributed by atoms with Gasteiger partial charge in [0.25, 0.3) is 0 Å². The Kier molecular flexibility index (Phi) is 13.6. The Labute approximate surface area is 202 Å². The predicted octanol–water partition coefficient (Wildman–Crippen LogP) is -3.05. The van der Waals surface area contributed by atoms with Crippen LogP contribution in [0, 0.1) is 0 Å². The summed E-state index contributed by atoms with van der Waals surface area (Å²) in [7, 11) is 0. The van der Waals surface area contributed by atoms with E-state index in [0.29, 0.717) is 0 Å². The highest BCUT2D eigenvalue weighted by molar-refractivity contribution is 5.91. The lowest BCUT2D eigenvalue weighted by Crippen LogP contribution is -2.66. The van der Waals surface area contributed by atoms with Crippen molar-refractivity contribution < 1.29 is 49.1 Å². The van der Waals surface area contributed by atoms with E-state index in [4.69, 9.17) is 14.9 Å². The Morgan fingerprint density at radius 3 is 2.21 bits per heavy atom. The van der Waals surface area contributed by atoms with Crippen LogP contribution in [0.1, 0.15) is 33.6 Å². The van der Waals surface area contributed by atoms with Crippen molar-refractivity contribution in [3.8, 4) is 0 Å². The highest BCUT2D eigenvalue weighted by Gasteiger charge is 2.41. The van der Waals surface area contributed by atoms with E-state index in [9.17, 15) is 34.2 Å². The van der Waals surface area contributed by atoms with E-state index < -0.39 is 79.3 Å². The number of carboxylic acid groups (broad SMARTS) is 2. The second-order valence-corrected chi connectivity index (χ2v) is 7.80. The second kappa shape index (κ2) is 14.7. The summed E-state index contributed by atoms with van der Waals surface area (Å²) in [5.74, 6) is -4.61. The van der Waals surface area contributed by atoms with Gasteiger partial charge in [-0.15, -0.1) is 12.4 Å². The minimum Gasteiger partial charge on any atom is -0.481 e. The van der Waals surface area contributed by atoms with Gasteiger partial charge >= 0.3 is 11.9 Å². The molecule has 0 radical (unpaired) electrons. The van der Waals surface area contributed by atoms with Crippen molar-refractivity contribution in [3.63, 3.8) is 0 Å². The van der Waals surface area contributed by atoms with Crippen molar-refractivity contribution >= 4 is 42.1 Å². The number of halogens is 1. The number of carboxylic acids is 2.